The van der Waals surface area contributed by atoms with Gasteiger partial charge in [0.2, 0.25) is 0 Å². The molecule has 0 spiro atoms. The Morgan fingerprint density at radius 1 is 0.679 bits per heavy atom. The van der Waals surface area contributed by atoms with E-state index in [-0.39, 0.29) is 18.2 Å². The topological polar surface area (TPSA) is 75.5 Å². The summed E-state index contributed by atoms with van der Waals surface area (Å²) in [5, 5.41) is 3.61. The van der Waals surface area contributed by atoms with Gasteiger partial charge >= 0.3 is 0 Å². The van der Waals surface area contributed by atoms with Crippen molar-refractivity contribution in [1.29, 1.82) is 0 Å². The Balaban J connectivity index is 1.04. The van der Waals surface area contributed by atoms with E-state index in [1.807, 2.05) is 30.6 Å². The SMILES string of the molecule is CC1C=NC=CC1c1ccc(-c2cc(-c3ccncc3)nc(-c3cccc(N4c5ccc6c(c5C5C=CC=CC54)OC(c4ccccc4)N6)c3)n2)cc1. The van der Waals surface area contributed by atoms with Crippen molar-refractivity contribution in [2.75, 3.05) is 10.2 Å². The largest absolute Gasteiger partial charge is 0.464 e. The number of allylic oxidation sites excluding steroid dienone is 3. The fraction of sp³-hybridized carbons (Fsp3) is 0.130. The minimum Gasteiger partial charge on any atom is -0.464 e. The summed E-state index contributed by atoms with van der Waals surface area (Å²) in [5.74, 6) is 2.39. The number of nitrogens with zero attached hydrogens (tertiary/aromatic N) is 5. The molecule has 256 valence electrons. The van der Waals surface area contributed by atoms with Crippen molar-refractivity contribution in [1.82, 2.24) is 15.0 Å². The fourth-order valence-electron chi connectivity index (χ4n) is 8.09. The van der Waals surface area contributed by atoms with Gasteiger partial charge in [-0.3, -0.25) is 9.98 Å². The Kier molecular flexibility index (Phi) is 7.57. The van der Waals surface area contributed by atoms with Gasteiger partial charge in [0.15, 0.2) is 17.8 Å². The van der Waals surface area contributed by atoms with Crippen molar-refractivity contribution < 1.29 is 4.74 Å². The Morgan fingerprint density at radius 3 is 2.28 bits per heavy atom. The smallest absolute Gasteiger partial charge is 0.196 e. The molecule has 53 heavy (non-hydrogen) atoms. The second-order valence-electron chi connectivity index (χ2n) is 14.0. The Morgan fingerprint density at radius 2 is 1.47 bits per heavy atom. The molecule has 1 aliphatic carbocycles. The van der Waals surface area contributed by atoms with Gasteiger partial charge in [-0.05, 0) is 48.0 Å². The number of rotatable bonds is 6. The lowest BCUT2D eigenvalue weighted by atomic mass is 9.86. The molecule has 7 nitrogen and oxygen atoms in total. The van der Waals surface area contributed by atoms with Gasteiger partial charge in [0, 0.05) is 81.8 Å². The van der Waals surface area contributed by atoms with Gasteiger partial charge in [-0.15, -0.1) is 0 Å². The zero-order valence-corrected chi connectivity index (χ0v) is 29.1. The highest BCUT2D eigenvalue weighted by atomic mass is 16.5. The predicted molar refractivity (Wildman–Crippen MR) is 212 cm³/mol. The molecule has 0 fully saturated rings. The van der Waals surface area contributed by atoms with Crippen LogP contribution in [-0.4, -0.2) is 27.2 Å². The van der Waals surface area contributed by atoms with E-state index in [0.29, 0.717) is 17.7 Å². The van der Waals surface area contributed by atoms with Gasteiger partial charge in [0.25, 0.3) is 0 Å². The molecule has 0 saturated carbocycles. The molecule has 0 radical (unpaired) electrons. The van der Waals surface area contributed by atoms with E-state index in [1.54, 1.807) is 12.4 Å². The van der Waals surface area contributed by atoms with Crippen molar-refractivity contribution in [2.24, 2.45) is 10.9 Å². The molecule has 5 unspecified atom stereocenters. The standard InChI is InChI=1S/C46H36N6O/c1-29-28-48-25-22-36(29)30-14-16-31(17-15-30)39-27-40(32-20-23-47-24-21-32)50-45(49-39)34-10-7-11-35(26-34)52-41-13-6-5-12-37(41)43-42(52)19-18-38-44(43)53-46(51-38)33-8-3-2-4-9-33/h2-29,36-37,41,46,51H,1H3. The lowest BCUT2D eigenvalue weighted by Crippen LogP contribution is -2.28. The number of benzene rings is 4. The van der Waals surface area contributed by atoms with Crippen LogP contribution in [0.2, 0.25) is 0 Å². The minimum atomic E-state index is -0.228. The van der Waals surface area contributed by atoms with Crippen LogP contribution in [0.4, 0.5) is 17.1 Å². The highest BCUT2D eigenvalue weighted by Crippen LogP contribution is 2.56. The van der Waals surface area contributed by atoms with E-state index >= 15 is 0 Å². The first-order valence-corrected chi connectivity index (χ1v) is 18.2. The monoisotopic (exact) mass is 688 g/mol. The molecular formula is C46H36N6O. The maximum atomic E-state index is 6.69. The van der Waals surface area contributed by atoms with E-state index in [9.17, 15) is 0 Å². The summed E-state index contributed by atoms with van der Waals surface area (Å²) in [7, 11) is 0. The summed E-state index contributed by atoms with van der Waals surface area (Å²) < 4.78 is 6.69. The first-order chi connectivity index (χ1) is 26.2. The first kappa shape index (κ1) is 31.2. The van der Waals surface area contributed by atoms with Gasteiger partial charge in [-0.25, -0.2) is 9.97 Å². The van der Waals surface area contributed by atoms with E-state index < -0.39 is 0 Å². The number of aliphatic imine (C=N–C) groups is 1. The van der Waals surface area contributed by atoms with Gasteiger partial charge in [0.1, 0.15) is 0 Å². The van der Waals surface area contributed by atoms with Crippen LogP contribution in [0, 0.1) is 5.92 Å². The second kappa shape index (κ2) is 12.9. The molecule has 0 bridgehead atoms. The average Bonchev–Trinajstić information content (AvgIpc) is 3.81. The number of pyridine rings is 1. The maximum absolute atomic E-state index is 6.69. The second-order valence-corrected chi connectivity index (χ2v) is 14.0. The third-order valence-electron chi connectivity index (χ3n) is 10.7. The number of ether oxygens (including phenoxy) is 1. The molecule has 2 aromatic heterocycles. The molecule has 4 aliphatic rings. The molecule has 7 heteroatoms. The number of hydrogen-bond donors (Lipinski definition) is 1. The Labute approximate surface area is 308 Å². The van der Waals surface area contributed by atoms with Crippen LogP contribution in [0.15, 0.2) is 163 Å². The summed E-state index contributed by atoms with van der Waals surface area (Å²) in [6, 6.07) is 38.2. The van der Waals surface area contributed by atoms with Gasteiger partial charge in [0.05, 0.1) is 23.1 Å². The number of nitrogens with one attached hydrogen (secondary N) is 1. The maximum Gasteiger partial charge on any atom is 0.196 e. The minimum absolute atomic E-state index is 0.0993. The van der Waals surface area contributed by atoms with Crippen LogP contribution < -0.4 is 15.0 Å². The average molecular weight is 689 g/mol. The zero-order valence-electron chi connectivity index (χ0n) is 29.1. The molecule has 1 N–H and O–H groups in total. The summed E-state index contributed by atoms with van der Waals surface area (Å²) in [4.78, 5) is 21.3. The summed E-state index contributed by atoms with van der Waals surface area (Å²) in [5.41, 5.74) is 11.5. The summed E-state index contributed by atoms with van der Waals surface area (Å²) in [6.45, 7) is 2.21. The highest BCUT2D eigenvalue weighted by molar-refractivity contribution is 5.84. The molecule has 5 atom stereocenters. The predicted octanol–water partition coefficient (Wildman–Crippen LogP) is 10.4. The van der Waals surface area contributed by atoms with E-state index in [1.165, 1.54) is 11.1 Å². The number of fused-ring (bicyclic) bond motifs is 5. The molecular weight excluding hydrogens is 653 g/mol. The van der Waals surface area contributed by atoms with Crippen LogP contribution in [0.1, 0.15) is 41.7 Å². The quantitative estimate of drug-likeness (QED) is 0.188. The Hall–Kier alpha value is -6.60. The summed E-state index contributed by atoms with van der Waals surface area (Å²) in [6.07, 6.45) is 18.4. The van der Waals surface area contributed by atoms with E-state index in [0.717, 1.165) is 56.5 Å². The molecule has 4 aromatic carbocycles. The van der Waals surface area contributed by atoms with Crippen LogP contribution >= 0.6 is 0 Å². The zero-order chi connectivity index (χ0) is 35.3. The van der Waals surface area contributed by atoms with Gasteiger partial charge in [-0.2, -0.15) is 0 Å². The third-order valence-corrected chi connectivity index (χ3v) is 10.7. The van der Waals surface area contributed by atoms with Crippen molar-refractivity contribution in [3.63, 3.8) is 0 Å². The molecule has 5 heterocycles. The van der Waals surface area contributed by atoms with Gasteiger partial charge in [-0.1, -0.05) is 104 Å². The lowest BCUT2D eigenvalue weighted by Gasteiger charge is -2.29. The fourth-order valence-corrected chi connectivity index (χ4v) is 8.09. The molecule has 10 rings (SSSR count). The van der Waals surface area contributed by atoms with Crippen LogP contribution in [0.5, 0.6) is 5.75 Å². The number of aromatic nitrogens is 3. The highest BCUT2D eigenvalue weighted by Gasteiger charge is 2.42. The van der Waals surface area contributed by atoms with Crippen molar-refractivity contribution >= 4 is 23.3 Å². The summed E-state index contributed by atoms with van der Waals surface area (Å²) >= 11 is 0. The number of hydrogen-bond acceptors (Lipinski definition) is 7. The lowest BCUT2D eigenvalue weighted by molar-refractivity contribution is 0.257. The molecule has 0 amide bonds. The number of anilines is 3. The van der Waals surface area contributed by atoms with Crippen molar-refractivity contribution in [2.45, 2.75) is 31.0 Å². The normalized spacial score (nSPS) is 21.8. The Bertz CT molecular complexity index is 2460. The third kappa shape index (κ3) is 5.53. The van der Waals surface area contributed by atoms with Gasteiger partial charge < -0.3 is 15.0 Å². The van der Waals surface area contributed by atoms with Crippen molar-refractivity contribution in [3.05, 3.63) is 175 Å². The molecule has 0 saturated heterocycles. The van der Waals surface area contributed by atoms with Crippen LogP contribution in [0.3, 0.4) is 0 Å². The molecule has 3 aliphatic heterocycles. The van der Waals surface area contributed by atoms with Crippen molar-refractivity contribution in [3.8, 4) is 39.7 Å². The van der Waals surface area contributed by atoms with E-state index in [4.69, 9.17) is 14.7 Å². The molecule has 6 aromatic rings. The van der Waals surface area contributed by atoms with Crippen LogP contribution in [-0.2, 0) is 0 Å². The van der Waals surface area contributed by atoms with Crippen LogP contribution in [0.25, 0.3) is 33.9 Å². The van der Waals surface area contributed by atoms with E-state index in [2.05, 4.69) is 148 Å². The first-order valence-electron chi connectivity index (χ1n) is 18.2.